The van der Waals surface area contributed by atoms with Gasteiger partial charge < -0.3 is 10.4 Å². The van der Waals surface area contributed by atoms with E-state index >= 15 is 0 Å². The van der Waals surface area contributed by atoms with Crippen LogP contribution in [-0.4, -0.2) is 23.3 Å². The molecule has 2 N–H and O–H groups in total. The zero-order chi connectivity index (χ0) is 8.20. The Morgan fingerprint density at radius 2 is 2.20 bits per heavy atom. The fourth-order valence-electron chi connectivity index (χ4n) is 0.829. The summed E-state index contributed by atoms with van der Waals surface area (Å²) in [5, 5.41) is 12.1. The van der Waals surface area contributed by atoms with E-state index in [0.29, 0.717) is 6.04 Å². The Morgan fingerprint density at radius 1 is 1.70 bits per heavy atom. The molecule has 1 unspecified atom stereocenters. The fourth-order valence-corrected chi connectivity index (χ4v) is 0.829. The highest BCUT2D eigenvalue weighted by Crippen LogP contribution is 2.04. The third kappa shape index (κ3) is 2.99. The summed E-state index contributed by atoms with van der Waals surface area (Å²) in [5.41, 5.74) is -0.325. The van der Waals surface area contributed by atoms with Crippen LogP contribution in [0.2, 0.25) is 0 Å². The first-order valence-electron chi connectivity index (χ1n) is 3.56. The molecule has 0 saturated heterocycles. The van der Waals surface area contributed by atoms with Gasteiger partial charge in [-0.15, -0.1) is 6.58 Å². The van der Waals surface area contributed by atoms with Gasteiger partial charge in [0.25, 0.3) is 0 Å². The first-order chi connectivity index (χ1) is 4.54. The minimum absolute atomic E-state index is 0.0919. The molecule has 0 aromatic carbocycles. The average Bonchev–Trinajstić information content (AvgIpc) is 1.87. The Kier molecular flexibility index (Phi) is 3.61. The number of hydrogen-bond donors (Lipinski definition) is 2. The summed E-state index contributed by atoms with van der Waals surface area (Å²) in [6, 6.07) is 0.371. The Balaban J connectivity index is 3.92. The molecule has 0 spiro atoms. The molecule has 0 aliphatic rings. The van der Waals surface area contributed by atoms with E-state index < -0.39 is 0 Å². The average molecular weight is 143 g/mol. The molecule has 2 heteroatoms. The molecule has 0 aliphatic carbocycles. The molecule has 2 nitrogen and oxygen atoms in total. The molecule has 0 aromatic heterocycles. The Labute approximate surface area is 62.9 Å². The molecule has 10 heavy (non-hydrogen) atoms. The van der Waals surface area contributed by atoms with Crippen molar-refractivity contribution in [1.82, 2.24) is 5.32 Å². The lowest BCUT2D eigenvalue weighted by atomic mass is 10.0. The smallest absolute Gasteiger partial charge is 0.0646 e. The van der Waals surface area contributed by atoms with Crippen LogP contribution in [0.3, 0.4) is 0 Å². The molecule has 0 aliphatic heterocycles. The van der Waals surface area contributed by atoms with Crippen LogP contribution in [0, 0.1) is 0 Å². The van der Waals surface area contributed by atoms with E-state index in [-0.39, 0.29) is 12.1 Å². The molecular weight excluding hydrogens is 126 g/mol. The second-order valence-corrected chi connectivity index (χ2v) is 3.08. The van der Waals surface area contributed by atoms with Crippen LogP contribution < -0.4 is 5.32 Å². The van der Waals surface area contributed by atoms with Gasteiger partial charge in [0.2, 0.25) is 0 Å². The van der Waals surface area contributed by atoms with Crippen molar-refractivity contribution in [3.63, 3.8) is 0 Å². The van der Waals surface area contributed by atoms with Gasteiger partial charge in [0, 0.05) is 6.04 Å². The monoisotopic (exact) mass is 143 g/mol. The van der Waals surface area contributed by atoms with E-state index in [9.17, 15) is 0 Å². The number of hydrogen-bond acceptors (Lipinski definition) is 2. The zero-order valence-electron chi connectivity index (χ0n) is 7.02. The highest BCUT2D eigenvalue weighted by molar-refractivity contribution is 4.99. The van der Waals surface area contributed by atoms with Gasteiger partial charge >= 0.3 is 0 Å². The van der Waals surface area contributed by atoms with Crippen molar-refractivity contribution in [3.05, 3.63) is 12.7 Å². The number of rotatable bonds is 4. The van der Waals surface area contributed by atoms with Crippen LogP contribution in [0.25, 0.3) is 0 Å². The third-order valence-electron chi connectivity index (χ3n) is 1.40. The van der Waals surface area contributed by atoms with Gasteiger partial charge in [-0.1, -0.05) is 6.08 Å². The van der Waals surface area contributed by atoms with Gasteiger partial charge in [-0.3, -0.25) is 0 Å². The quantitative estimate of drug-likeness (QED) is 0.574. The molecule has 0 radical (unpaired) electrons. The van der Waals surface area contributed by atoms with Gasteiger partial charge in [-0.25, -0.2) is 0 Å². The predicted molar refractivity (Wildman–Crippen MR) is 44.0 cm³/mol. The highest BCUT2D eigenvalue weighted by atomic mass is 16.3. The van der Waals surface area contributed by atoms with E-state index in [1.54, 1.807) is 6.08 Å². The lowest BCUT2D eigenvalue weighted by Gasteiger charge is -2.27. The van der Waals surface area contributed by atoms with Crippen LogP contribution in [0.4, 0.5) is 0 Å². The molecular formula is C8H17NO. The highest BCUT2D eigenvalue weighted by Gasteiger charge is 2.18. The summed E-state index contributed by atoms with van der Waals surface area (Å²) >= 11 is 0. The Hall–Kier alpha value is -0.340. The molecule has 0 rings (SSSR count). The van der Waals surface area contributed by atoms with Crippen LogP contribution >= 0.6 is 0 Å². The van der Waals surface area contributed by atoms with Crippen molar-refractivity contribution < 1.29 is 5.11 Å². The predicted octanol–water partition coefficient (Wildman–Crippen LogP) is 0.921. The fraction of sp³-hybridized carbons (Fsp3) is 0.750. The lowest BCUT2D eigenvalue weighted by molar-refractivity contribution is 0.200. The minimum atomic E-state index is -0.325. The minimum Gasteiger partial charge on any atom is -0.394 e. The van der Waals surface area contributed by atoms with Gasteiger partial charge in [-0.05, 0) is 20.8 Å². The van der Waals surface area contributed by atoms with E-state index in [2.05, 4.69) is 11.9 Å². The Morgan fingerprint density at radius 3 is 2.30 bits per heavy atom. The topological polar surface area (TPSA) is 32.3 Å². The summed E-state index contributed by atoms with van der Waals surface area (Å²) < 4.78 is 0. The van der Waals surface area contributed by atoms with Crippen molar-refractivity contribution in [1.29, 1.82) is 0 Å². The first-order valence-corrected chi connectivity index (χ1v) is 3.56. The summed E-state index contributed by atoms with van der Waals surface area (Å²) in [6.45, 7) is 9.72. The largest absolute Gasteiger partial charge is 0.394 e. The van der Waals surface area contributed by atoms with Crippen LogP contribution in [0.5, 0.6) is 0 Å². The van der Waals surface area contributed by atoms with Gasteiger partial charge in [0.1, 0.15) is 0 Å². The second-order valence-electron chi connectivity index (χ2n) is 3.08. The van der Waals surface area contributed by atoms with Gasteiger partial charge in [0.15, 0.2) is 0 Å². The standard InChI is InChI=1S/C8H17NO/c1-5-8(4,6-10)9-7(2)3/h5,7,9-10H,1,6H2,2-4H3. The zero-order valence-corrected chi connectivity index (χ0v) is 7.02. The van der Waals surface area contributed by atoms with E-state index in [4.69, 9.17) is 5.11 Å². The van der Waals surface area contributed by atoms with E-state index in [1.807, 2.05) is 20.8 Å². The van der Waals surface area contributed by atoms with Crippen LogP contribution in [-0.2, 0) is 0 Å². The summed E-state index contributed by atoms with van der Waals surface area (Å²) in [4.78, 5) is 0. The second kappa shape index (κ2) is 3.74. The van der Waals surface area contributed by atoms with Crippen molar-refractivity contribution in [3.8, 4) is 0 Å². The van der Waals surface area contributed by atoms with Crippen LogP contribution in [0.15, 0.2) is 12.7 Å². The van der Waals surface area contributed by atoms with Crippen LogP contribution in [0.1, 0.15) is 20.8 Å². The maximum Gasteiger partial charge on any atom is 0.0646 e. The number of aliphatic hydroxyl groups is 1. The molecule has 0 fully saturated rings. The molecule has 60 valence electrons. The van der Waals surface area contributed by atoms with E-state index in [0.717, 1.165) is 0 Å². The van der Waals surface area contributed by atoms with Crippen molar-refractivity contribution in [2.75, 3.05) is 6.61 Å². The molecule has 0 amide bonds. The van der Waals surface area contributed by atoms with Crippen molar-refractivity contribution in [2.24, 2.45) is 0 Å². The normalized spacial score (nSPS) is 16.9. The maximum atomic E-state index is 8.90. The van der Waals surface area contributed by atoms with Crippen molar-refractivity contribution in [2.45, 2.75) is 32.4 Å². The van der Waals surface area contributed by atoms with Gasteiger partial charge in [-0.2, -0.15) is 0 Å². The van der Waals surface area contributed by atoms with E-state index in [1.165, 1.54) is 0 Å². The summed E-state index contributed by atoms with van der Waals surface area (Å²) in [6.07, 6.45) is 1.73. The summed E-state index contributed by atoms with van der Waals surface area (Å²) in [5.74, 6) is 0. The maximum absolute atomic E-state index is 8.90. The summed E-state index contributed by atoms with van der Waals surface area (Å²) in [7, 11) is 0. The third-order valence-corrected chi connectivity index (χ3v) is 1.40. The van der Waals surface area contributed by atoms with Crippen molar-refractivity contribution >= 4 is 0 Å². The Bertz CT molecular complexity index is 112. The molecule has 1 atom stereocenters. The lowest BCUT2D eigenvalue weighted by Crippen LogP contribution is -2.47. The molecule has 0 saturated carbocycles. The first kappa shape index (κ1) is 9.66. The number of aliphatic hydroxyl groups excluding tert-OH is 1. The molecule has 0 bridgehead atoms. The molecule has 0 heterocycles. The molecule has 0 aromatic rings. The number of nitrogens with one attached hydrogen (secondary N) is 1. The van der Waals surface area contributed by atoms with Gasteiger partial charge in [0.05, 0.1) is 12.1 Å². The SMILES string of the molecule is C=CC(C)(CO)NC(C)C.